The number of aromatic nitrogens is 1. The second kappa shape index (κ2) is 7.89. The normalized spacial score (nSPS) is 20.9. The molecule has 0 saturated carbocycles. The Bertz CT molecular complexity index is 607. The van der Waals surface area contributed by atoms with Gasteiger partial charge in [-0.15, -0.1) is 0 Å². The van der Waals surface area contributed by atoms with Crippen LogP contribution in [-0.2, 0) is 20.7 Å². The van der Waals surface area contributed by atoms with Crippen LogP contribution >= 0.6 is 0 Å². The van der Waals surface area contributed by atoms with Gasteiger partial charge in [0.05, 0.1) is 18.5 Å². The zero-order valence-corrected chi connectivity index (χ0v) is 12.9. The molecular formula is C15H20BN2O5+. The number of hydrogen-bond acceptors (Lipinski definition) is 5. The van der Waals surface area contributed by atoms with Crippen molar-refractivity contribution in [3.8, 4) is 0 Å². The summed E-state index contributed by atoms with van der Waals surface area (Å²) in [5.74, 6) is -0.904. The molecule has 122 valence electrons. The highest BCUT2D eigenvalue weighted by atomic mass is 16.5. The molecule has 2 heterocycles. The zero-order chi connectivity index (χ0) is 16.8. The van der Waals surface area contributed by atoms with E-state index in [4.69, 9.17) is 4.65 Å². The summed E-state index contributed by atoms with van der Waals surface area (Å²) in [6, 6.07) is 3.34. The molecule has 23 heavy (non-hydrogen) atoms. The Morgan fingerprint density at radius 1 is 1.52 bits per heavy atom. The molecule has 2 rings (SSSR count). The lowest BCUT2D eigenvalue weighted by molar-refractivity contribution is -0.905. The Labute approximate surface area is 134 Å². The summed E-state index contributed by atoms with van der Waals surface area (Å²) in [5.41, 5.74) is 0.640. The molecule has 2 atom stereocenters. The number of nitrogens with zero attached hydrogens (tertiary/aromatic N) is 1. The predicted molar refractivity (Wildman–Crippen MR) is 81.4 cm³/mol. The van der Waals surface area contributed by atoms with Gasteiger partial charge in [-0.25, -0.2) is 0 Å². The van der Waals surface area contributed by atoms with Crippen molar-refractivity contribution >= 4 is 18.8 Å². The van der Waals surface area contributed by atoms with Crippen molar-refractivity contribution in [3.05, 3.63) is 42.2 Å². The van der Waals surface area contributed by atoms with Crippen molar-refractivity contribution in [2.45, 2.75) is 38.2 Å². The Morgan fingerprint density at radius 3 is 3.00 bits per heavy atom. The molecule has 0 unspecified atom stereocenters. The van der Waals surface area contributed by atoms with Gasteiger partial charge < -0.3 is 15.0 Å². The Balaban J connectivity index is 1.90. The van der Waals surface area contributed by atoms with Crippen molar-refractivity contribution in [1.82, 2.24) is 5.32 Å². The van der Waals surface area contributed by atoms with Gasteiger partial charge in [0.2, 0.25) is 18.3 Å². The van der Waals surface area contributed by atoms with Crippen LogP contribution in [0.25, 0.3) is 0 Å². The van der Waals surface area contributed by atoms with Crippen molar-refractivity contribution in [2.75, 3.05) is 0 Å². The van der Waals surface area contributed by atoms with E-state index >= 15 is 0 Å². The third-order valence-corrected chi connectivity index (χ3v) is 3.45. The fourth-order valence-electron chi connectivity index (χ4n) is 2.40. The molecule has 0 bridgehead atoms. The molecule has 0 spiro atoms. The number of carbonyl (C=O) groups excluding carboxylic acids is 2. The van der Waals surface area contributed by atoms with Crippen LogP contribution in [0, 0.1) is 0 Å². The highest BCUT2D eigenvalue weighted by Gasteiger charge is 2.32. The van der Waals surface area contributed by atoms with Crippen LogP contribution in [-0.4, -0.2) is 41.1 Å². The molecule has 1 amide bonds. The molecule has 0 aromatic carbocycles. The molecule has 0 fully saturated rings. The van der Waals surface area contributed by atoms with Crippen LogP contribution in [0.4, 0.5) is 0 Å². The molecule has 1 aromatic rings. The molecule has 1 aromatic heterocycles. The van der Waals surface area contributed by atoms with E-state index in [0.29, 0.717) is 12.0 Å². The van der Waals surface area contributed by atoms with E-state index < -0.39 is 19.2 Å². The molecule has 7 nitrogen and oxygen atoms in total. The van der Waals surface area contributed by atoms with E-state index in [9.17, 15) is 19.8 Å². The van der Waals surface area contributed by atoms with Crippen LogP contribution < -0.4 is 10.0 Å². The second-order valence-corrected chi connectivity index (χ2v) is 5.58. The monoisotopic (exact) mass is 319 g/mol. The first kappa shape index (κ1) is 17.2. The molecule has 0 radical (unpaired) electrons. The third kappa shape index (κ3) is 5.50. The van der Waals surface area contributed by atoms with Gasteiger partial charge in [-0.2, -0.15) is 0 Å². The topological polar surface area (TPSA) is 99.7 Å². The van der Waals surface area contributed by atoms with Crippen LogP contribution in [0.15, 0.2) is 36.7 Å². The summed E-state index contributed by atoms with van der Waals surface area (Å²) >= 11 is 0. The van der Waals surface area contributed by atoms with Crippen LogP contribution in [0.1, 0.15) is 25.3 Å². The lowest BCUT2D eigenvalue weighted by Crippen LogP contribution is -2.48. The van der Waals surface area contributed by atoms with E-state index in [1.807, 2.05) is 0 Å². The van der Waals surface area contributed by atoms with Gasteiger partial charge in [0, 0.05) is 22.8 Å². The standard InChI is InChI=1S/C15H19BN2O5/c1-11(19)8-13-5-2-6-14(16(21)23-13)17-15(20)9-12-4-3-7-18(22)10-12/h2-5,7,10,13-14,21H,6,8-9H2,1H3,(H-,17,20,22)/p+1/t13-,14+/m1/s1. The van der Waals surface area contributed by atoms with Crippen molar-refractivity contribution in [1.29, 1.82) is 0 Å². The molecule has 1 aliphatic rings. The van der Waals surface area contributed by atoms with Gasteiger partial charge in [0.15, 0.2) is 0 Å². The Kier molecular flexibility index (Phi) is 5.89. The van der Waals surface area contributed by atoms with Gasteiger partial charge in [0.25, 0.3) is 0 Å². The largest absolute Gasteiger partial charge is 0.478 e. The number of nitrogens with one attached hydrogen (secondary N) is 1. The lowest BCUT2D eigenvalue weighted by atomic mass is 9.77. The first-order valence-corrected chi connectivity index (χ1v) is 7.42. The minimum atomic E-state index is -1.18. The average molecular weight is 319 g/mol. The number of ketones is 1. The fraction of sp³-hybridized carbons (Fsp3) is 0.400. The van der Waals surface area contributed by atoms with Gasteiger partial charge in [-0.3, -0.25) is 14.8 Å². The number of rotatable bonds is 5. The summed E-state index contributed by atoms with van der Waals surface area (Å²) in [5, 5.41) is 22.1. The quantitative estimate of drug-likeness (QED) is 0.296. The first-order chi connectivity index (χ1) is 10.9. The maximum atomic E-state index is 12.1. The van der Waals surface area contributed by atoms with E-state index in [1.165, 1.54) is 19.3 Å². The fourth-order valence-corrected chi connectivity index (χ4v) is 2.40. The van der Waals surface area contributed by atoms with Crippen LogP contribution in [0.5, 0.6) is 0 Å². The minimum absolute atomic E-state index is 0.0317. The summed E-state index contributed by atoms with van der Waals surface area (Å²) < 4.78 is 6.27. The molecule has 0 aliphatic carbocycles. The van der Waals surface area contributed by atoms with Gasteiger partial charge in [0.1, 0.15) is 5.78 Å². The summed E-state index contributed by atoms with van der Waals surface area (Å²) in [6.45, 7) is 1.46. The van der Waals surface area contributed by atoms with Crippen LogP contribution in [0.3, 0.4) is 0 Å². The summed E-state index contributed by atoms with van der Waals surface area (Å²) in [7, 11) is -1.18. The van der Waals surface area contributed by atoms with Crippen molar-refractivity contribution < 1.29 is 29.2 Å². The highest BCUT2D eigenvalue weighted by molar-refractivity contribution is 6.45. The smallest absolute Gasteiger partial charge is 0.426 e. The molecule has 0 saturated heterocycles. The van der Waals surface area contributed by atoms with Gasteiger partial charge >= 0.3 is 7.12 Å². The number of hydrogen-bond donors (Lipinski definition) is 3. The highest BCUT2D eigenvalue weighted by Crippen LogP contribution is 2.12. The first-order valence-electron chi connectivity index (χ1n) is 7.42. The average Bonchev–Trinajstić information content (AvgIpc) is 2.60. The third-order valence-electron chi connectivity index (χ3n) is 3.45. The van der Waals surface area contributed by atoms with Crippen LogP contribution in [0.2, 0.25) is 0 Å². The molecular weight excluding hydrogens is 299 g/mol. The summed E-state index contributed by atoms with van der Waals surface area (Å²) in [6.07, 6.45) is 6.59. The van der Waals surface area contributed by atoms with Crippen molar-refractivity contribution in [2.24, 2.45) is 0 Å². The second-order valence-electron chi connectivity index (χ2n) is 5.58. The Hall–Kier alpha value is -2.19. The van der Waals surface area contributed by atoms with E-state index in [1.54, 1.807) is 24.3 Å². The number of amides is 1. The zero-order valence-electron chi connectivity index (χ0n) is 12.9. The summed E-state index contributed by atoms with van der Waals surface area (Å²) in [4.78, 5) is 23.2. The predicted octanol–water partition coefficient (Wildman–Crippen LogP) is -0.417. The van der Waals surface area contributed by atoms with Gasteiger partial charge in [-0.05, 0) is 19.4 Å². The lowest BCUT2D eigenvalue weighted by Gasteiger charge is -2.20. The maximum Gasteiger partial charge on any atom is 0.478 e. The Morgan fingerprint density at radius 2 is 2.30 bits per heavy atom. The maximum absolute atomic E-state index is 12.1. The molecule has 3 N–H and O–H groups in total. The van der Waals surface area contributed by atoms with E-state index in [0.717, 1.165) is 4.73 Å². The number of carbonyl (C=O) groups is 2. The van der Waals surface area contributed by atoms with Gasteiger partial charge in [-0.1, -0.05) is 12.2 Å². The van der Waals surface area contributed by atoms with Crippen molar-refractivity contribution in [3.63, 3.8) is 0 Å². The van der Waals surface area contributed by atoms with E-state index in [-0.39, 0.29) is 24.5 Å². The number of pyridine rings is 1. The van der Waals surface area contributed by atoms with E-state index in [2.05, 4.69) is 5.32 Å². The number of Topliss-reactive ketones (excluding diaryl/α,β-unsaturated/α-hetero) is 1. The SMILES string of the molecule is CC(=O)C[C@H]1C=CC[C@H](NC(=O)Cc2ccc[n+](O)c2)B(O)O1. The molecule has 1 aliphatic heterocycles. The molecule has 8 heteroatoms. The minimum Gasteiger partial charge on any atom is -0.426 e.